The van der Waals surface area contributed by atoms with Crippen LogP contribution in [0.5, 0.6) is 0 Å². The third-order valence-electron chi connectivity index (χ3n) is 2.37. The van der Waals surface area contributed by atoms with Gasteiger partial charge in [0.25, 0.3) is 0 Å². The molecule has 0 heterocycles. The van der Waals surface area contributed by atoms with E-state index in [0.29, 0.717) is 5.78 Å². The molecule has 2 heteroatoms. The molecule has 1 aliphatic rings. The lowest BCUT2D eigenvalue weighted by atomic mass is 9.85. The van der Waals surface area contributed by atoms with E-state index in [1.807, 2.05) is 0 Å². The van der Waals surface area contributed by atoms with Crippen LogP contribution in [0, 0.1) is 0 Å². The summed E-state index contributed by atoms with van der Waals surface area (Å²) in [4.78, 5) is 11.5. The Morgan fingerprint density at radius 1 is 1.55 bits per heavy atom. The Hall–Kier alpha value is 0.150. The van der Waals surface area contributed by atoms with Gasteiger partial charge in [0.2, 0.25) is 0 Å². The van der Waals surface area contributed by atoms with Crippen molar-refractivity contribution >= 4 is 21.7 Å². The molecule has 0 aromatic rings. The standard InChI is InChI=1S/C9H15BrO/c1-2-6-9(10)7-4-3-5-8(9)11/h2-7H2,1H3. The zero-order valence-electron chi connectivity index (χ0n) is 7.03. The van der Waals surface area contributed by atoms with Gasteiger partial charge in [-0.1, -0.05) is 35.7 Å². The van der Waals surface area contributed by atoms with E-state index in [9.17, 15) is 4.79 Å². The van der Waals surface area contributed by atoms with Gasteiger partial charge >= 0.3 is 0 Å². The molecule has 0 radical (unpaired) electrons. The minimum Gasteiger partial charge on any atom is -0.298 e. The third-order valence-corrected chi connectivity index (χ3v) is 3.61. The molecule has 1 aliphatic carbocycles. The molecular weight excluding hydrogens is 204 g/mol. The molecular formula is C9H15BrO. The van der Waals surface area contributed by atoms with E-state index >= 15 is 0 Å². The van der Waals surface area contributed by atoms with Crippen LogP contribution in [0.4, 0.5) is 0 Å². The quantitative estimate of drug-likeness (QED) is 0.652. The van der Waals surface area contributed by atoms with Crippen LogP contribution in [0.1, 0.15) is 45.4 Å². The Labute approximate surface area is 76.7 Å². The zero-order valence-corrected chi connectivity index (χ0v) is 8.61. The lowest BCUT2D eigenvalue weighted by Crippen LogP contribution is -2.34. The van der Waals surface area contributed by atoms with Crippen molar-refractivity contribution in [1.29, 1.82) is 0 Å². The monoisotopic (exact) mass is 218 g/mol. The molecule has 1 atom stereocenters. The van der Waals surface area contributed by atoms with Gasteiger partial charge in [0.1, 0.15) is 5.78 Å². The van der Waals surface area contributed by atoms with Crippen molar-refractivity contribution in [3.8, 4) is 0 Å². The number of hydrogen-bond donors (Lipinski definition) is 0. The summed E-state index contributed by atoms with van der Waals surface area (Å²) in [5.41, 5.74) is 0. The first-order valence-corrected chi connectivity index (χ1v) is 5.20. The highest BCUT2D eigenvalue weighted by Gasteiger charge is 2.35. The number of ketones is 1. The molecule has 1 saturated carbocycles. The van der Waals surface area contributed by atoms with Gasteiger partial charge in [-0.3, -0.25) is 4.79 Å². The van der Waals surface area contributed by atoms with Crippen LogP contribution in [-0.2, 0) is 4.79 Å². The topological polar surface area (TPSA) is 17.1 Å². The molecule has 1 nitrogen and oxygen atoms in total. The number of carbonyl (C=O) groups is 1. The van der Waals surface area contributed by atoms with Crippen LogP contribution in [0.15, 0.2) is 0 Å². The maximum atomic E-state index is 11.5. The maximum Gasteiger partial charge on any atom is 0.149 e. The second kappa shape index (κ2) is 3.70. The first-order valence-electron chi connectivity index (χ1n) is 4.41. The summed E-state index contributed by atoms with van der Waals surface area (Å²) in [7, 11) is 0. The molecule has 0 spiro atoms. The zero-order chi connectivity index (χ0) is 8.32. The second-order valence-electron chi connectivity index (χ2n) is 3.35. The molecule has 1 fully saturated rings. The number of rotatable bonds is 2. The van der Waals surface area contributed by atoms with Crippen molar-refractivity contribution in [3.63, 3.8) is 0 Å². The van der Waals surface area contributed by atoms with Gasteiger partial charge < -0.3 is 0 Å². The highest BCUT2D eigenvalue weighted by Crippen LogP contribution is 2.36. The van der Waals surface area contributed by atoms with Crippen molar-refractivity contribution in [3.05, 3.63) is 0 Å². The van der Waals surface area contributed by atoms with Crippen molar-refractivity contribution in [2.75, 3.05) is 0 Å². The highest BCUT2D eigenvalue weighted by atomic mass is 79.9. The largest absolute Gasteiger partial charge is 0.298 e. The van der Waals surface area contributed by atoms with Crippen molar-refractivity contribution in [2.45, 2.75) is 49.8 Å². The Kier molecular flexibility index (Phi) is 3.11. The lowest BCUT2D eigenvalue weighted by Gasteiger charge is -2.29. The van der Waals surface area contributed by atoms with Gasteiger partial charge in [-0.15, -0.1) is 0 Å². The number of halogens is 1. The van der Waals surface area contributed by atoms with E-state index in [1.54, 1.807) is 0 Å². The summed E-state index contributed by atoms with van der Waals surface area (Å²) in [6.45, 7) is 2.13. The average molecular weight is 219 g/mol. The normalized spacial score (nSPS) is 32.4. The molecule has 0 bridgehead atoms. The minimum absolute atomic E-state index is 0.139. The van der Waals surface area contributed by atoms with Gasteiger partial charge in [-0.05, 0) is 19.3 Å². The van der Waals surface area contributed by atoms with Gasteiger partial charge in [0.05, 0.1) is 4.32 Å². The fraction of sp³-hybridized carbons (Fsp3) is 0.889. The Morgan fingerprint density at radius 2 is 2.27 bits per heavy atom. The molecule has 1 unspecified atom stereocenters. The number of Topliss-reactive ketones (excluding diaryl/α,β-unsaturated/α-hetero) is 1. The molecule has 0 aromatic carbocycles. The fourth-order valence-electron chi connectivity index (χ4n) is 1.71. The predicted octanol–water partition coefficient (Wildman–Crippen LogP) is 3.06. The molecule has 0 aromatic heterocycles. The second-order valence-corrected chi connectivity index (χ2v) is 4.86. The van der Waals surface area contributed by atoms with Gasteiger partial charge in [-0.25, -0.2) is 0 Å². The van der Waals surface area contributed by atoms with Crippen LogP contribution < -0.4 is 0 Å². The first-order chi connectivity index (χ1) is 5.19. The first kappa shape index (κ1) is 9.24. The molecule has 11 heavy (non-hydrogen) atoms. The fourth-order valence-corrected chi connectivity index (χ4v) is 2.59. The number of alkyl halides is 1. The van der Waals surface area contributed by atoms with E-state index < -0.39 is 0 Å². The third kappa shape index (κ3) is 2.05. The summed E-state index contributed by atoms with van der Waals surface area (Å²) >= 11 is 3.57. The molecule has 64 valence electrons. The number of carbonyl (C=O) groups excluding carboxylic acids is 1. The lowest BCUT2D eigenvalue weighted by molar-refractivity contribution is -0.122. The van der Waals surface area contributed by atoms with E-state index in [0.717, 1.165) is 32.1 Å². The molecule has 0 N–H and O–H groups in total. The maximum absolute atomic E-state index is 11.5. The SMILES string of the molecule is CCCC1(Br)CCCCC1=O. The van der Waals surface area contributed by atoms with Crippen LogP contribution in [-0.4, -0.2) is 10.1 Å². The van der Waals surface area contributed by atoms with Crippen LogP contribution in [0.3, 0.4) is 0 Å². The Bertz CT molecular complexity index is 152. The molecule has 0 saturated heterocycles. The van der Waals surface area contributed by atoms with E-state index in [2.05, 4.69) is 22.9 Å². The number of hydrogen-bond acceptors (Lipinski definition) is 1. The van der Waals surface area contributed by atoms with Crippen molar-refractivity contribution < 1.29 is 4.79 Å². The average Bonchev–Trinajstić information content (AvgIpc) is 1.96. The van der Waals surface area contributed by atoms with Crippen LogP contribution >= 0.6 is 15.9 Å². The van der Waals surface area contributed by atoms with E-state index in [4.69, 9.17) is 0 Å². The Balaban J connectivity index is 2.57. The summed E-state index contributed by atoms with van der Waals surface area (Å²) in [6, 6.07) is 0. The Morgan fingerprint density at radius 3 is 2.82 bits per heavy atom. The van der Waals surface area contributed by atoms with E-state index in [-0.39, 0.29) is 4.32 Å². The molecule has 1 rings (SSSR count). The smallest absolute Gasteiger partial charge is 0.149 e. The predicted molar refractivity (Wildman–Crippen MR) is 50.0 cm³/mol. The van der Waals surface area contributed by atoms with Gasteiger partial charge in [0.15, 0.2) is 0 Å². The summed E-state index contributed by atoms with van der Waals surface area (Å²) in [5.74, 6) is 0.422. The van der Waals surface area contributed by atoms with Crippen molar-refractivity contribution in [1.82, 2.24) is 0 Å². The van der Waals surface area contributed by atoms with Gasteiger partial charge in [0, 0.05) is 6.42 Å². The molecule has 0 aliphatic heterocycles. The summed E-state index contributed by atoms with van der Waals surface area (Å²) in [6.07, 6.45) is 6.22. The molecule has 0 amide bonds. The van der Waals surface area contributed by atoms with Crippen LogP contribution in [0.25, 0.3) is 0 Å². The highest BCUT2D eigenvalue weighted by molar-refractivity contribution is 9.10. The van der Waals surface area contributed by atoms with E-state index in [1.165, 1.54) is 6.42 Å². The minimum atomic E-state index is -0.139. The van der Waals surface area contributed by atoms with Crippen LogP contribution in [0.2, 0.25) is 0 Å². The van der Waals surface area contributed by atoms with Crippen molar-refractivity contribution in [2.24, 2.45) is 0 Å². The van der Waals surface area contributed by atoms with Gasteiger partial charge in [-0.2, -0.15) is 0 Å². The summed E-state index contributed by atoms with van der Waals surface area (Å²) < 4.78 is -0.139. The summed E-state index contributed by atoms with van der Waals surface area (Å²) in [5, 5.41) is 0.